The number of carbonyl (C=O) groups is 1. The van der Waals surface area contributed by atoms with Gasteiger partial charge in [0.15, 0.2) is 5.69 Å². The highest BCUT2D eigenvalue weighted by atomic mass is 35.5. The zero-order chi connectivity index (χ0) is 15.1. The minimum absolute atomic E-state index is 0.0733. The van der Waals surface area contributed by atoms with E-state index in [1.165, 1.54) is 11.3 Å². The van der Waals surface area contributed by atoms with E-state index in [1.807, 2.05) is 19.9 Å². The fourth-order valence-electron chi connectivity index (χ4n) is 2.44. The van der Waals surface area contributed by atoms with E-state index in [1.54, 1.807) is 24.3 Å². The standard InChI is InChI=1S/C16H13ClN2OS/c1-8-7-9(2)19-16-12(8)13(18)15(21-16)14(20)10-3-5-11(17)6-4-10/h3-7H,18H2,1-2H3/p+1. The van der Waals surface area contributed by atoms with Crippen molar-refractivity contribution in [1.29, 1.82) is 0 Å². The Morgan fingerprint density at radius 1 is 1.24 bits per heavy atom. The number of aromatic amines is 1. The van der Waals surface area contributed by atoms with E-state index < -0.39 is 0 Å². The molecule has 0 atom stereocenters. The molecule has 3 nitrogen and oxygen atoms in total. The Morgan fingerprint density at radius 2 is 1.90 bits per heavy atom. The SMILES string of the molecule is Cc1cc(C)c2c(N)c(C(=O)c3ccc(Cl)cc3)sc2[nH+]1. The maximum Gasteiger partial charge on any atom is 0.270 e. The Morgan fingerprint density at radius 3 is 2.57 bits per heavy atom. The van der Waals surface area contributed by atoms with E-state index in [2.05, 4.69) is 4.98 Å². The summed E-state index contributed by atoms with van der Waals surface area (Å²) in [6.07, 6.45) is 0. The third kappa shape index (κ3) is 2.41. The van der Waals surface area contributed by atoms with Gasteiger partial charge in [-0.05, 0) is 36.8 Å². The predicted molar refractivity (Wildman–Crippen MR) is 87.2 cm³/mol. The van der Waals surface area contributed by atoms with Crippen molar-refractivity contribution >= 4 is 44.6 Å². The van der Waals surface area contributed by atoms with Crippen molar-refractivity contribution in [3.8, 4) is 0 Å². The second-order valence-corrected chi connectivity index (χ2v) is 6.48. The number of fused-ring (bicyclic) bond motifs is 1. The lowest BCUT2D eigenvalue weighted by atomic mass is 10.1. The van der Waals surface area contributed by atoms with Gasteiger partial charge in [-0.15, -0.1) is 0 Å². The molecule has 3 N–H and O–H groups in total. The zero-order valence-corrected chi connectivity index (χ0v) is 13.2. The molecule has 0 saturated heterocycles. The van der Waals surface area contributed by atoms with Crippen LogP contribution in [-0.4, -0.2) is 5.78 Å². The van der Waals surface area contributed by atoms with Gasteiger partial charge in [0.1, 0.15) is 4.88 Å². The second kappa shape index (κ2) is 5.13. The number of aryl methyl sites for hydroxylation is 2. The van der Waals surface area contributed by atoms with Crippen molar-refractivity contribution in [1.82, 2.24) is 0 Å². The molecule has 0 aliphatic rings. The normalized spacial score (nSPS) is 11.0. The fourth-order valence-corrected chi connectivity index (χ4v) is 3.77. The van der Waals surface area contributed by atoms with Crippen LogP contribution >= 0.6 is 22.9 Å². The first-order valence-corrected chi connectivity index (χ1v) is 7.68. The van der Waals surface area contributed by atoms with Crippen molar-refractivity contribution in [2.24, 2.45) is 0 Å². The molecule has 0 saturated carbocycles. The molecule has 5 heteroatoms. The van der Waals surface area contributed by atoms with Gasteiger partial charge in [0.25, 0.3) is 4.83 Å². The first kappa shape index (κ1) is 14.0. The molecule has 3 rings (SSSR count). The summed E-state index contributed by atoms with van der Waals surface area (Å²) in [4.78, 5) is 17.4. The smallest absolute Gasteiger partial charge is 0.270 e. The molecular weight excluding hydrogens is 304 g/mol. The molecule has 0 bridgehead atoms. The summed E-state index contributed by atoms with van der Waals surface area (Å²) in [5.41, 5.74) is 9.46. The largest absolute Gasteiger partial charge is 0.397 e. The molecule has 0 fully saturated rings. The number of anilines is 1. The van der Waals surface area contributed by atoms with Crippen LogP contribution in [0.4, 0.5) is 5.69 Å². The highest BCUT2D eigenvalue weighted by molar-refractivity contribution is 7.21. The number of hydrogen-bond donors (Lipinski definition) is 1. The van der Waals surface area contributed by atoms with Crippen LogP contribution in [0.3, 0.4) is 0 Å². The van der Waals surface area contributed by atoms with Crippen molar-refractivity contribution in [2.75, 3.05) is 5.73 Å². The lowest BCUT2D eigenvalue weighted by Gasteiger charge is -2.00. The van der Waals surface area contributed by atoms with Crippen molar-refractivity contribution in [3.63, 3.8) is 0 Å². The van der Waals surface area contributed by atoms with E-state index in [9.17, 15) is 4.79 Å². The molecule has 0 radical (unpaired) electrons. The first-order valence-electron chi connectivity index (χ1n) is 6.49. The van der Waals surface area contributed by atoms with Gasteiger partial charge in [-0.3, -0.25) is 4.79 Å². The monoisotopic (exact) mass is 317 g/mol. The number of aromatic nitrogens is 1. The van der Waals surface area contributed by atoms with Crippen LogP contribution in [0.25, 0.3) is 10.2 Å². The van der Waals surface area contributed by atoms with Crippen LogP contribution in [0, 0.1) is 13.8 Å². The van der Waals surface area contributed by atoms with E-state index in [4.69, 9.17) is 17.3 Å². The Kier molecular flexibility index (Phi) is 3.43. The van der Waals surface area contributed by atoms with Gasteiger partial charge in [0.2, 0.25) is 5.78 Å². The van der Waals surface area contributed by atoms with Gasteiger partial charge in [-0.1, -0.05) is 22.9 Å². The summed E-state index contributed by atoms with van der Waals surface area (Å²) in [6, 6.07) is 8.88. The first-order chi connectivity index (χ1) is 9.97. The molecule has 2 aromatic heterocycles. The maximum absolute atomic E-state index is 12.6. The van der Waals surface area contributed by atoms with Crippen LogP contribution in [0.2, 0.25) is 5.02 Å². The van der Waals surface area contributed by atoms with Gasteiger partial charge in [0, 0.05) is 23.6 Å². The average Bonchev–Trinajstić information content (AvgIpc) is 2.76. The van der Waals surface area contributed by atoms with Gasteiger partial charge in [-0.2, -0.15) is 4.98 Å². The molecule has 21 heavy (non-hydrogen) atoms. The topological polar surface area (TPSA) is 57.2 Å². The number of hydrogen-bond acceptors (Lipinski definition) is 3. The number of halogens is 1. The molecule has 2 heterocycles. The maximum atomic E-state index is 12.6. The number of benzene rings is 1. The quantitative estimate of drug-likeness (QED) is 0.731. The van der Waals surface area contributed by atoms with E-state index >= 15 is 0 Å². The summed E-state index contributed by atoms with van der Waals surface area (Å²) < 4.78 is 0. The van der Waals surface area contributed by atoms with Crippen LogP contribution in [0.1, 0.15) is 26.5 Å². The summed E-state index contributed by atoms with van der Waals surface area (Å²) in [5, 5.41) is 1.54. The molecule has 0 amide bonds. The Hall–Kier alpha value is -1.91. The summed E-state index contributed by atoms with van der Waals surface area (Å²) in [5.74, 6) is -0.0733. The number of thiophene rings is 1. The fraction of sp³-hybridized carbons (Fsp3) is 0.125. The van der Waals surface area contributed by atoms with Gasteiger partial charge < -0.3 is 5.73 Å². The number of nitrogens with one attached hydrogen (secondary N) is 1. The van der Waals surface area contributed by atoms with Crippen LogP contribution < -0.4 is 10.7 Å². The molecule has 3 aromatic rings. The number of nitrogen functional groups attached to an aromatic ring is 1. The Labute approximate surface area is 131 Å². The number of ketones is 1. The summed E-state index contributed by atoms with van der Waals surface area (Å²) in [7, 11) is 0. The van der Waals surface area contributed by atoms with E-state index in [-0.39, 0.29) is 5.78 Å². The zero-order valence-electron chi connectivity index (χ0n) is 11.7. The molecule has 1 aromatic carbocycles. The third-order valence-corrected chi connectivity index (χ3v) is 4.77. The molecular formula is C16H14ClN2OS+. The highest BCUT2D eigenvalue weighted by Crippen LogP contribution is 2.34. The molecule has 0 unspecified atom stereocenters. The number of rotatable bonds is 2. The van der Waals surface area contributed by atoms with Crippen molar-refractivity contribution in [3.05, 3.63) is 57.1 Å². The average molecular weight is 318 g/mol. The van der Waals surface area contributed by atoms with Crippen LogP contribution in [-0.2, 0) is 0 Å². The molecule has 106 valence electrons. The minimum atomic E-state index is -0.0733. The second-order valence-electron chi connectivity index (χ2n) is 5.02. The van der Waals surface area contributed by atoms with Gasteiger partial charge in [-0.25, -0.2) is 0 Å². The van der Waals surface area contributed by atoms with E-state index in [0.717, 1.165) is 21.5 Å². The molecule has 0 aliphatic carbocycles. The van der Waals surface area contributed by atoms with Crippen LogP contribution in [0.15, 0.2) is 30.3 Å². The molecule has 0 spiro atoms. The lowest BCUT2D eigenvalue weighted by Crippen LogP contribution is -2.07. The highest BCUT2D eigenvalue weighted by Gasteiger charge is 2.22. The number of carbonyl (C=O) groups excluding carboxylic acids is 1. The Balaban J connectivity index is 2.16. The predicted octanol–water partition coefficient (Wildman–Crippen LogP) is 3.80. The van der Waals surface area contributed by atoms with Crippen LogP contribution in [0.5, 0.6) is 0 Å². The van der Waals surface area contributed by atoms with Gasteiger partial charge >= 0.3 is 0 Å². The minimum Gasteiger partial charge on any atom is -0.397 e. The number of pyridine rings is 1. The van der Waals surface area contributed by atoms with Crippen molar-refractivity contribution in [2.45, 2.75) is 13.8 Å². The molecule has 0 aliphatic heterocycles. The van der Waals surface area contributed by atoms with E-state index in [0.29, 0.717) is 21.2 Å². The number of H-pyrrole nitrogens is 1. The van der Waals surface area contributed by atoms with Gasteiger partial charge in [0.05, 0.1) is 11.1 Å². The Bertz CT molecular complexity index is 853. The number of nitrogens with two attached hydrogens (primary N) is 1. The van der Waals surface area contributed by atoms with Crippen molar-refractivity contribution < 1.29 is 9.78 Å². The summed E-state index contributed by atoms with van der Waals surface area (Å²) in [6.45, 7) is 3.99. The lowest BCUT2D eigenvalue weighted by molar-refractivity contribution is -0.351. The third-order valence-electron chi connectivity index (χ3n) is 3.40. The summed E-state index contributed by atoms with van der Waals surface area (Å²) >= 11 is 7.25.